The second-order valence-electron chi connectivity index (χ2n) is 5.95. The summed E-state index contributed by atoms with van der Waals surface area (Å²) >= 11 is 1.59. The predicted octanol–water partition coefficient (Wildman–Crippen LogP) is 2.69. The molecule has 0 saturated carbocycles. The minimum absolute atomic E-state index is 0.0610. The second-order valence-corrected chi connectivity index (χ2v) is 7.02. The predicted molar refractivity (Wildman–Crippen MR) is 101 cm³/mol. The molecule has 1 amide bonds. The van der Waals surface area contributed by atoms with Crippen molar-refractivity contribution in [3.63, 3.8) is 0 Å². The van der Waals surface area contributed by atoms with Gasteiger partial charge in [0.1, 0.15) is 12.4 Å². The number of piperazine rings is 1. The Labute approximate surface area is 152 Å². The first kappa shape index (κ1) is 17.6. The lowest BCUT2D eigenvalue weighted by molar-refractivity contribution is -0.127. The molecule has 0 atom stereocenters. The van der Waals surface area contributed by atoms with Gasteiger partial charge in [0, 0.05) is 44.2 Å². The summed E-state index contributed by atoms with van der Waals surface area (Å²) < 4.78 is 5.73. The molecular weight excluding hydrogens is 334 g/mol. The summed E-state index contributed by atoms with van der Waals surface area (Å²) in [6, 6.07) is 9.85. The summed E-state index contributed by atoms with van der Waals surface area (Å²) in [5.41, 5.74) is 0.854. The third-order valence-corrected chi connectivity index (χ3v) is 4.93. The molecule has 2 heterocycles. The highest BCUT2D eigenvalue weighted by molar-refractivity contribution is 7.09. The lowest BCUT2D eigenvalue weighted by Gasteiger charge is -2.34. The van der Waals surface area contributed by atoms with Crippen molar-refractivity contribution in [3.05, 3.63) is 52.5 Å². The van der Waals surface area contributed by atoms with E-state index in [1.54, 1.807) is 23.5 Å². The maximum atomic E-state index is 12.3. The lowest BCUT2D eigenvalue weighted by atomic mass is 10.3. The van der Waals surface area contributed by atoms with Crippen LogP contribution in [0, 0.1) is 6.92 Å². The largest absolute Gasteiger partial charge is 0.492 e. The van der Waals surface area contributed by atoms with Crippen LogP contribution in [0.15, 0.2) is 41.8 Å². The van der Waals surface area contributed by atoms with Crippen molar-refractivity contribution in [3.8, 4) is 5.75 Å². The summed E-state index contributed by atoms with van der Waals surface area (Å²) in [6.45, 7) is 6.78. The minimum Gasteiger partial charge on any atom is -0.492 e. The number of thiazole rings is 1. The highest BCUT2D eigenvalue weighted by Crippen LogP contribution is 2.11. The van der Waals surface area contributed by atoms with Crippen LogP contribution < -0.4 is 4.74 Å². The number of aryl methyl sites for hydroxylation is 1. The lowest BCUT2D eigenvalue weighted by Crippen LogP contribution is -2.49. The molecule has 0 spiro atoms. The van der Waals surface area contributed by atoms with Crippen LogP contribution in [0.1, 0.15) is 10.7 Å². The van der Waals surface area contributed by atoms with Crippen LogP contribution >= 0.6 is 11.3 Å². The number of hydrogen-bond donors (Lipinski definition) is 0. The Balaban J connectivity index is 1.38. The Bertz CT molecular complexity index is 706. The van der Waals surface area contributed by atoms with Crippen LogP contribution in [0.5, 0.6) is 5.75 Å². The van der Waals surface area contributed by atoms with E-state index >= 15 is 0 Å². The number of hydrogen-bond acceptors (Lipinski definition) is 5. The van der Waals surface area contributed by atoms with E-state index < -0.39 is 0 Å². The molecule has 0 unspecified atom stereocenters. The molecule has 1 aliphatic heterocycles. The average molecular weight is 357 g/mol. The maximum absolute atomic E-state index is 12.3. The summed E-state index contributed by atoms with van der Waals surface area (Å²) in [5.74, 6) is 0.963. The SMILES string of the molecule is Cc1nc(/C=C/C(=O)N2CCN(CCOc3ccccc3)CC2)cs1. The van der Waals surface area contributed by atoms with E-state index in [4.69, 9.17) is 4.74 Å². The van der Waals surface area contributed by atoms with Crippen LogP contribution in [0.4, 0.5) is 0 Å². The molecule has 0 bridgehead atoms. The molecule has 6 heteroatoms. The van der Waals surface area contributed by atoms with Gasteiger partial charge in [0.25, 0.3) is 0 Å². The molecule has 1 aromatic carbocycles. The van der Waals surface area contributed by atoms with Crippen molar-refractivity contribution >= 4 is 23.3 Å². The molecule has 1 saturated heterocycles. The zero-order valence-corrected chi connectivity index (χ0v) is 15.2. The molecule has 132 valence electrons. The number of benzene rings is 1. The normalized spacial score (nSPS) is 15.6. The average Bonchev–Trinajstić information content (AvgIpc) is 3.06. The summed E-state index contributed by atoms with van der Waals surface area (Å²) in [5, 5.41) is 2.97. The standard InChI is InChI=1S/C19H23N3O2S/c1-16-20-17(15-25-16)7-8-19(23)22-11-9-21(10-12-22)13-14-24-18-5-3-2-4-6-18/h2-8,15H,9-14H2,1H3/b8-7+. The van der Waals surface area contributed by atoms with Gasteiger partial charge in [-0.1, -0.05) is 18.2 Å². The van der Waals surface area contributed by atoms with Gasteiger partial charge in [-0.2, -0.15) is 0 Å². The Hall–Kier alpha value is -2.18. The smallest absolute Gasteiger partial charge is 0.246 e. The van der Waals surface area contributed by atoms with Gasteiger partial charge in [-0.3, -0.25) is 9.69 Å². The van der Waals surface area contributed by atoms with E-state index in [9.17, 15) is 4.79 Å². The molecule has 5 nitrogen and oxygen atoms in total. The first-order valence-corrected chi connectivity index (χ1v) is 9.38. The first-order valence-electron chi connectivity index (χ1n) is 8.50. The molecule has 0 radical (unpaired) electrons. The van der Waals surface area contributed by atoms with Crippen molar-refractivity contribution in [2.75, 3.05) is 39.3 Å². The number of para-hydroxylation sites is 1. The fourth-order valence-electron chi connectivity index (χ4n) is 2.72. The van der Waals surface area contributed by atoms with Gasteiger partial charge in [0.05, 0.1) is 10.7 Å². The Morgan fingerprint density at radius 3 is 2.68 bits per heavy atom. The van der Waals surface area contributed by atoms with Gasteiger partial charge >= 0.3 is 0 Å². The van der Waals surface area contributed by atoms with E-state index in [1.165, 1.54) is 0 Å². The molecule has 25 heavy (non-hydrogen) atoms. The van der Waals surface area contributed by atoms with Gasteiger partial charge in [-0.15, -0.1) is 11.3 Å². The van der Waals surface area contributed by atoms with Crippen LogP contribution in [0.25, 0.3) is 6.08 Å². The molecular formula is C19H23N3O2S. The van der Waals surface area contributed by atoms with Crippen molar-refractivity contribution in [2.45, 2.75) is 6.92 Å². The first-order chi connectivity index (χ1) is 12.2. The van der Waals surface area contributed by atoms with Crippen LogP contribution in [-0.2, 0) is 4.79 Å². The number of aromatic nitrogens is 1. The molecule has 1 aromatic heterocycles. The number of carbonyl (C=O) groups excluding carboxylic acids is 1. The van der Waals surface area contributed by atoms with Crippen molar-refractivity contribution < 1.29 is 9.53 Å². The number of nitrogens with zero attached hydrogens (tertiary/aromatic N) is 3. The Morgan fingerprint density at radius 1 is 1.24 bits per heavy atom. The zero-order valence-electron chi connectivity index (χ0n) is 14.4. The maximum Gasteiger partial charge on any atom is 0.246 e. The summed E-state index contributed by atoms with van der Waals surface area (Å²) in [4.78, 5) is 20.8. The Morgan fingerprint density at radius 2 is 2.00 bits per heavy atom. The van der Waals surface area contributed by atoms with E-state index in [1.807, 2.05) is 47.5 Å². The summed E-state index contributed by atoms with van der Waals surface area (Å²) in [7, 11) is 0. The van der Waals surface area contributed by atoms with E-state index in [0.717, 1.165) is 49.2 Å². The Kier molecular flexibility index (Phi) is 6.19. The second kappa shape index (κ2) is 8.78. The van der Waals surface area contributed by atoms with E-state index in [-0.39, 0.29) is 5.91 Å². The molecule has 2 aromatic rings. The van der Waals surface area contributed by atoms with Gasteiger partial charge in [-0.25, -0.2) is 4.98 Å². The molecule has 1 fully saturated rings. The summed E-state index contributed by atoms with van der Waals surface area (Å²) in [6.07, 6.45) is 3.43. The van der Waals surface area contributed by atoms with Crippen LogP contribution in [-0.4, -0.2) is 60.0 Å². The fourth-order valence-corrected chi connectivity index (χ4v) is 3.30. The van der Waals surface area contributed by atoms with E-state index in [0.29, 0.717) is 6.61 Å². The van der Waals surface area contributed by atoms with Crippen LogP contribution in [0.3, 0.4) is 0 Å². The number of carbonyl (C=O) groups is 1. The van der Waals surface area contributed by atoms with Gasteiger partial charge in [0.15, 0.2) is 0 Å². The van der Waals surface area contributed by atoms with Gasteiger partial charge in [-0.05, 0) is 25.1 Å². The van der Waals surface area contributed by atoms with Gasteiger partial charge in [0.2, 0.25) is 5.91 Å². The van der Waals surface area contributed by atoms with Crippen molar-refractivity contribution in [1.29, 1.82) is 0 Å². The number of amides is 1. The quantitative estimate of drug-likeness (QED) is 0.746. The fraction of sp³-hybridized carbons (Fsp3) is 0.368. The zero-order chi connectivity index (χ0) is 17.5. The molecule has 1 aliphatic rings. The van der Waals surface area contributed by atoms with Crippen molar-refractivity contribution in [1.82, 2.24) is 14.8 Å². The monoisotopic (exact) mass is 357 g/mol. The van der Waals surface area contributed by atoms with Crippen LogP contribution in [0.2, 0.25) is 0 Å². The molecule has 3 rings (SSSR count). The number of ether oxygens (including phenoxy) is 1. The topological polar surface area (TPSA) is 45.7 Å². The van der Waals surface area contributed by atoms with Gasteiger partial charge < -0.3 is 9.64 Å². The van der Waals surface area contributed by atoms with Crippen molar-refractivity contribution in [2.24, 2.45) is 0 Å². The molecule has 0 N–H and O–H groups in total. The third kappa shape index (κ3) is 5.41. The number of rotatable bonds is 6. The van der Waals surface area contributed by atoms with E-state index in [2.05, 4.69) is 9.88 Å². The molecule has 0 aliphatic carbocycles. The third-order valence-electron chi connectivity index (χ3n) is 4.14. The highest BCUT2D eigenvalue weighted by Gasteiger charge is 2.19. The highest BCUT2D eigenvalue weighted by atomic mass is 32.1. The minimum atomic E-state index is 0.0610.